The highest BCUT2D eigenvalue weighted by atomic mass is 16.5. The van der Waals surface area contributed by atoms with Crippen LogP contribution in [0.3, 0.4) is 0 Å². The van der Waals surface area contributed by atoms with Crippen LogP contribution in [-0.4, -0.2) is 17.2 Å². The van der Waals surface area contributed by atoms with Crippen molar-refractivity contribution in [1.29, 1.82) is 0 Å². The fourth-order valence-corrected chi connectivity index (χ4v) is 4.82. The highest BCUT2D eigenvalue weighted by Gasteiger charge is 2.37. The molecule has 1 unspecified atom stereocenters. The fourth-order valence-electron chi connectivity index (χ4n) is 4.82. The van der Waals surface area contributed by atoms with Gasteiger partial charge in [0.25, 0.3) is 0 Å². The summed E-state index contributed by atoms with van der Waals surface area (Å²) in [5.41, 5.74) is 1.48. The van der Waals surface area contributed by atoms with E-state index < -0.39 is 5.97 Å². The smallest absolute Gasteiger partial charge is 0.304 e. The first-order valence-electron chi connectivity index (χ1n) is 10.0. The van der Waals surface area contributed by atoms with Crippen LogP contribution in [0.4, 0.5) is 0 Å². The van der Waals surface area contributed by atoms with Crippen molar-refractivity contribution >= 4 is 5.97 Å². The van der Waals surface area contributed by atoms with Gasteiger partial charge >= 0.3 is 5.97 Å². The quantitative estimate of drug-likeness (QED) is 0.706. The number of hydrogen-bond donors (Lipinski definition) is 1. The summed E-state index contributed by atoms with van der Waals surface area (Å²) in [5.74, 6) is 5.65. The van der Waals surface area contributed by atoms with E-state index in [1.54, 1.807) is 6.92 Å². The van der Waals surface area contributed by atoms with Crippen molar-refractivity contribution < 1.29 is 14.6 Å². The predicted octanol–water partition coefficient (Wildman–Crippen LogP) is 5.54. The second-order valence-electron chi connectivity index (χ2n) is 8.01. The average Bonchev–Trinajstić information content (AvgIpc) is 2.62. The molecule has 140 valence electrons. The number of ether oxygens (including phenoxy) is 1. The third kappa shape index (κ3) is 4.81. The molecule has 26 heavy (non-hydrogen) atoms. The predicted molar refractivity (Wildman–Crippen MR) is 103 cm³/mol. The molecule has 0 amide bonds. The molecule has 2 aliphatic rings. The molecule has 0 radical (unpaired) electrons. The number of hydrogen-bond acceptors (Lipinski definition) is 2. The number of carboxylic acids is 1. The maximum atomic E-state index is 11.0. The maximum absolute atomic E-state index is 11.0. The van der Waals surface area contributed by atoms with Gasteiger partial charge in [0.15, 0.2) is 0 Å². The molecule has 1 aromatic rings. The molecular weight excluding hydrogens is 324 g/mol. The monoisotopic (exact) mass is 354 g/mol. The summed E-state index contributed by atoms with van der Waals surface area (Å²) in [4.78, 5) is 11.0. The maximum Gasteiger partial charge on any atom is 0.304 e. The minimum absolute atomic E-state index is 0.0339. The van der Waals surface area contributed by atoms with Gasteiger partial charge in [-0.25, -0.2) is 0 Å². The van der Waals surface area contributed by atoms with Gasteiger partial charge in [0.1, 0.15) is 5.75 Å². The molecule has 3 heteroatoms. The van der Waals surface area contributed by atoms with E-state index in [9.17, 15) is 4.79 Å². The summed E-state index contributed by atoms with van der Waals surface area (Å²) in [6.07, 6.45) is 12.2. The van der Waals surface area contributed by atoms with Gasteiger partial charge < -0.3 is 9.84 Å². The Labute approximate surface area is 157 Å². The molecule has 1 spiro atoms. The molecule has 1 aromatic carbocycles. The molecule has 2 aliphatic carbocycles. The van der Waals surface area contributed by atoms with Crippen molar-refractivity contribution in [3.05, 3.63) is 29.8 Å². The molecule has 3 rings (SSSR count). The topological polar surface area (TPSA) is 46.5 Å². The van der Waals surface area contributed by atoms with Crippen LogP contribution in [0.1, 0.15) is 82.6 Å². The van der Waals surface area contributed by atoms with Crippen molar-refractivity contribution in [3.63, 3.8) is 0 Å². The first-order valence-corrected chi connectivity index (χ1v) is 10.0. The summed E-state index contributed by atoms with van der Waals surface area (Å²) >= 11 is 0. The lowest BCUT2D eigenvalue weighted by Gasteiger charge is -2.43. The number of carbonyl (C=O) groups is 1. The number of carboxylic acid groups (broad SMARTS) is 1. The van der Waals surface area contributed by atoms with E-state index >= 15 is 0 Å². The molecule has 0 aromatic heterocycles. The minimum Gasteiger partial charge on any atom is -0.490 e. The SMILES string of the molecule is CC#C[C@@H](CC(=O)O)c1ccc(OC2CCCC3(CCCCC3)C2)cc1. The van der Waals surface area contributed by atoms with Gasteiger partial charge in [-0.15, -0.1) is 5.92 Å². The molecule has 0 saturated heterocycles. The molecule has 1 N–H and O–H groups in total. The van der Waals surface area contributed by atoms with Crippen LogP contribution in [-0.2, 0) is 4.79 Å². The van der Waals surface area contributed by atoms with Gasteiger partial charge in [-0.1, -0.05) is 37.3 Å². The second kappa shape index (κ2) is 8.62. The van der Waals surface area contributed by atoms with E-state index in [1.165, 1.54) is 51.4 Å². The third-order valence-electron chi connectivity index (χ3n) is 6.09. The van der Waals surface area contributed by atoms with Crippen molar-refractivity contribution in [3.8, 4) is 17.6 Å². The molecule has 2 atom stereocenters. The Morgan fingerprint density at radius 2 is 1.88 bits per heavy atom. The molecule has 0 bridgehead atoms. The van der Waals surface area contributed by atoms with E-state index in [4.69, 9.17) is 9.84 Å². The fraction of sp³-hybridized carbons (Fsp3) is 0.609. The third-order valence-corrected chi connectivity index (χ3v) is 6.09. The lowest BCUT2D eigenvalue weighted by atomic mass is 9.65. The lowest BCUT2D eigenvalue weighted by Crippen LogP contribution is -2.35. The Bertz CT molecular complexity index is 653. The van der Waals surface area contributed by atoms with Gasteiger partial charge in [-0.05, 0) is 68.6 Å². The van der Waals surface area contributed by atoms with Gasteiger partial charge in [0.05, 0.1) is 18.4 Å². The Kier molecular flexibility index (Phi) is 6.25. The van der Waals surface area contributed by atoms with Crippen LogP contribution in [0, 0.1) is 17.3 Å². The van der Waals surface area contributed by atoms with Crippen LogP contribution < -0.4 is 4.74 Å². The molecular formula is C23H30O3. The van der Waals surface area contributed by atoms with Gasteiger partial charge in [0.2, 0.25) is 0 Å². The molecule has 0 aliphatic heterocycles. The highest BCUT2D eigenvalue weighted by molar-refractivity contribution is 5.69. The molecule has 3 nitrogen and oxygen atoms in total. The van der Waals surface area contributed by atoms with Gasteiger partial charge in [0, 0.05) is 0 Å². The second-order valence-corrected chi connectivity index (χ2v) is 8.01. The van der Waals surface area contributed by atoms with E-state index in [2.05, 4.69) is 11.8 Å². The van der Waals surface area contributed by atoms with Gasteiger partial charge in [-0.2, -0.15) is 0 Å². The van der Waals surface area contributed by atoms with Crippen LogP contribution in [0.15, 0.2) is 24.3 Å². The normalized spacial score (nSPS) is 22.9. The summed E-state index contributed by atoms with van der Waals surface area (Å²) < 4.78 is 6.31. The van der Waals surface area contributed by atoms with Crippen LogP contribution in [0.25, 0.3) is 0 Å². The zero-order valence-corrected chi connectivity index (χ0v) is 15.8. The average molecular weight is 354 g/mol. The minimum atomic E-state index is -0.821. The first kappa shape index (κ1) is 18.8. The summed E-state index contributed by atoms with van der Waals surface area (Å²) in [6.45, 7) is 1.75. The van der Waals surface area contributed by atoms with E-state index in [1.807, 2.05) is 24.3 Å². The molecule has 2 fully saturated rings. The zero-order chi connectivity index (χ0) is 18.4. The van der Waals surface area contributed by atoms with Crippen LogP contribution in [0.2, 0.25) is 0 Å². The van der Waals surface area contributed by atoms with Crippen molar-refractivity contribution in [2.24, 2.45) is 5.41 Å². The van der Waals surface area contributed by atoms with E-state index in [0.717, 1.165) is 17.7 Å². The summed E-state index contributed by atoms with van der Waals surface area (Å²) in [5, 5.41) is 9.07. The van der Waals surface area contributed by atoms with E-state index in [-0.39, 0.29) is 12.3 Å². The lowest BCUT2D eigenvalue weighted by molar-refractivity contribution is -0.137. The Balaban J connectivity index is 1.63. The highest BCUT2D eigenvalue weighted by Crippen LogP contribution is 2.48. The number of rotatable bonds is 5. The molecule has 2 saturated carbocycles. The number of benzene rings is 1. The van der Waals surface area contributed by atoms with Gasteiger partial charge in [-0.3, -0.25) is 4.79 Å². The van der Waals surface area contributed by atoms with Crippen LogP contribution >= 0.6 is 0 Å². The first-order chi connectivity index (χ1) is 12.6. The zero-order valence-electron chi connectivity index (χ0n) is 15.8. The Morgan fingerprint density at radius 1 is 1.19 bits per heavy atom. The van der Waals surface area contributed by atoms with E-state index in [0.29, 0.717) is 11.5 Å². The Hall–Kier alpha value is -1.95. The van der Waals surface area contributed by atoms with Crippen molar-refractivity contribution in [1.82, 2.24) is 0 Å². The molecule has 0 heterocycles. The van der Waals surface area contributed by atoms with Crippen molar-refractivity contribution in [2.45, 2.75) is 83.2 Å². The van der Waals surface area contributed by atoms with Crippen LogP contribution in [0.5, 0.6) is 5.75 Å². The summed E-state index contributed by atoms with van der Waals surface area (Å²) in [6, 6.07) is 7.88. The standard InChI is InChI=1S/C23H30O3/c1-2-7-19(16-22(24)25)18-9-11-20(12-10-18)26-21-8-6-15-23(17-21)13-4-3-5-14-23/h9-12,19,21H,3-6,8,13-17H2,1H3,(H,24,25)/t19-,21?/m0/s1. The Morgan fingerprint density at radius 3 is 2.54 bits per heavy atom. The van der Waals surface area contributed by atoms with Crippen molar-refractivity contribution in [2.75, 3.05) is 0 Å². The largest absolute Gasteiger partial charge is 0.490 e. The summed E-state index contributed by atoms with van der Waals surface area (Å²) in [7, 11) is 0. The number of aliphatic carboxylic acids is 1.